The third-order valence-corrected chi connectivity index (χ3v) is 5.13. The number of anilines is 1. The van der Waals surface area contributed by atoms with Crippen molar-refractivity contribution in [1.82, 2.24) is 34.5 Å². The Morgan fingerprint density at radius 3 is 3.04 bits per heavy atom. The number of nitrogens with zero attached hydrogens (tertiary/aromatic N) is 8. The lowest BCUT2D eigenvalue weighted by atomic mass is 9.94. The van der Waals surface area contributed by atoms with Crippen LogP contribution in [-0.2, 0) is 13.5 Å². The maximum absolute atomic E-state index is 5.91. The van der Waals surface area contributed by atoms with Gasteiger partial charge >= 0.3 is 0 Å². The molecule has 0 saturated carbocycles. The summed E-state index contributed by atoms with van der Waals surface area (Å²) in [5, 5.41) is 8.82. The lowest BCUT2D eigenvalue weighted by molar-refractivity contribution is 0.386. The highest BCUT2D eigenvalue weighted by Gasteiger charge is 2.26. The molecule has 144 valence electrons. The molecule has 9 nitrogen and oxygen atoms in total. The van der Waals surface area contributed by atoms with Crippen LogP contribution in [0.1, 0.15) is 24.5 Å². The average molecular weight is 378 g/mol. The predicted molar refractivity (Wildman–Crippen MR) is 103 cm³/mol. The smallest absolute Gasteiger partial charge is 0.299 e. The Balaban J connectivity index is 1.36. The van der Waals surface area contributed by atoms with Crippen molar-refractivity contribution in [3.8, 4) is 5.69 Å². The van der Waals surface area contributed by atoms with Crippen molar-refractivity contribution in [2.24, 2.45) is 13.0 Å². The van der Waals surface area contributed by atoms with E-state index in [1.807, 2.05) is 43.2 Å². The second-order valence-electron chi connectivity index (χ2n) is 7.34. The van der Waals surface area contributed by atoms with E-state index in [1.54, 1.807) is 10.9 Å². The number of piperidine rings is 1. The largest absolute Gasteiger partial charge is 0.422 e. The lowest BCUT2D eigenvalue weighted by Crippen LogP contribution is -2.36. The van der Waals surface area contributed by atoms with E-state index < -0.39 is 0 Å². The number of hydrogen-bond donors (Lipinski definition) is 0. The Labute approximate surface area is 162 Å². The zero-order chi connectivity index (χ0) is 19.1. The standard InChI is InChI=1S/C19H22N8O/c1-13-22-17(27(24-13)15-10-21-25(2)12-15)9-14-5-4-8-26(11-14)19-23-18-16(28-19)6-3-7-20-18/h3,6-7,10,12,14H,4-5,8-9,11H2,1-2H3. The molecule has 1 aliphatic heterocycles. The van der Waals surface area contributed by atoms with Crippen LogP contribution < -0.4 is 4.90 Å². The van der Waals surface area contributed by atoms with Crippen LogP contribution in [0.4, 0.5) is 6.01 Å². The fourth-order valence-electron chi connectivity index (χ4n) is 3.87. The molecular weight excluding hydrogens is 356 g/mol. The van der Waals surface area contributed by atoms with Crippen molar-refractivity contribution in [3.63, 3.8) is 0 Å². The lowest BCUT2D eigenvalue weighted by Gasteiger charge is -2.31. The minimum Gasteiger partial charge on any atom is -0.422 e. The van der Waals surface area contributed by atoms with Crippen LogP contribution in [0.3, 0.4) is 0 Å². The molecule has 9 heteroatoms. The van der Waals surface area contributed by atoms with Gasteiger partial charge in [0.05, 0.1) is 12.4 Å². The molecule has 1 saturated heterocycles. The van der Waals surface area contributed by atoms with Gasteiger partial charge < -0.3 is 9.32 Å². The second kappa shape index (κ2) is 6.74. The Bertz CT molecular complexity index is 1080. The SMILES string of the molecule is Cc1nc(CC2CCCN(c3nc4ncccc4o3)C2)n(-c2cnn(C)c2)n1. The van der Waals surface area contributed by atoms with E-state index in [9.17, 15) is 0 Å². The maximum Gasteiger partial charge on any atom is 0.299 e. The zero-order valence-electron chi connectivity index (χ0n) is 16.0. The van der Waals surface area contributed by atoms with E-state index in [0.29, 0.717) is 17.6 Å². The van der Waals surface area contributed by atoms with Gasteiger partial charge in [-0.25, -0.2) is 14.6 Å². The van der Waals surface area contributed by atoms with E-state index in [0.717, 1.165) is 55.3 Å². The van der Waals surface area contributed by atoms with Crippen molar-refractivity contribution < 1.29 is 4.42 Å². The first-order valence-electron chi connectivity index (χ1n) is 9.54. The van der Waals surface area contributed by atoms with Crippen LogP contribution in [0.2, 0.25) is 0 Å². The molecule has 1 aliphatic rings. The van der Waals surface area contributed by atoms with Gasteiger partial charge in [-0.1, -0.05) is 0 Å². The van der Waals surface area contributed by atoms with Gasteiger partial charge in [0.25, 0.3) is 6.01 Å². The molecule has 0 amide bonds. The first kappa shape index (κ1) is 16.9. The van der Waals surface area contributed by atoms with Gasteiger partial charge in [0.1, 0.15) is 17.3 Å². The Morgan fingerprint density at radius 1 is 1.29 bits per heavy atom. The van der Waals surface area contributed by atoms with Gasteiger partial charge in [0.15, 0.2) is 5.58 Å². The minimum atomic E-state index is 0.454. The average Bonchev–Trinajstić information content (AvgIpc) is 3.40. The highest BCUT2D eigenvalue weighted by Crippen LogP contribution is 2.27. The van der Waals surface area contributed by atoms with Gasteiger partial charge in [-0.15, -0.1) is 0 Å². The number of oxazole rings is 1. The van der Waals surface area contributed by atoms with Crippen LogP contribution in [-0.4, -0.2) is 47.6 Å². The van der Waals surface area contributed by atoms with Crippen LogP contribution >= 0.6 is 0 Å². The molecule has 0 N–H and O–H groups in total. The second-order valence-corrected chi connectivity index (χ2v) is 7.34. The Kier molecular flexibility index (Phi) is 4.07. The Morgan fingerprint density at radius 2 is 2.21 bits per heavy atom. The molecule has 4 aromatic rings. The van der Waals surface area contributed by atoms with E-state index in [-0.39, 0.29) is 0 Å². The van der Waals surface area contributed by atoms with Crippen LogP contribution in [0.15, 0.2) is 35.1 Å². The molecule has 0 radical (unpaired) electrons. The third kappa shape index (κ3) is 3.12. The summed E-state index contributed by atoms with van der Waals surface area (Å²) in [6.45, 7) is 3.75. The number of rotatable bonds is 4. The van der Waals surface area contributed by atoms with Gasteiger partial charge in [-0.05, 0) is 37.8 Å². The van der Waals surface area contributed by atoms with Crippen molar-refractivity contribution in [2.45, 2.75) is 26.2 Å². The first-order valence-corrected chi connectivity index (χ1v) is 9.54. The number of fused-ring (bicyclic) bond motifs is 1. The fourth-order valence-corrected chi connectivity index (χ4v) is 3.87. The summed E-state index contributed by atoms with van der Waals surface area (Å²) in [5.41, 5.74) is 2.33. The van der Waals surface area contributed by atoms with E-state index in [4.69, 9.17) is 4.42 Å². The number of pyridine rings is 1. The third-order valence-electron chi connectivity index (χ3n) is 5.13. The Hall–Kier alpha value is -3.23. The van der Waals surface area contributed by atoms with Crippen LogP contribution in [0.25, 0.3) is 16.9 Å². The molecule has 5 heterocycles. The van der Waals surface area contributed by atoms with E-state index in [1.165, 1.54) is 0 Å². The molecule has 1 fully saturated rings. The van der Waals surface area contributed by atoms with Crippen LogP contribution in [0, 0.1) is 12.8 Å². The van der Waals surface area contributed by atoms with Crippen LogP contribution in [0.5, 0.6) is 0 Å². The molecule has 28 heavy (non-hydrogen) atoms. The molecule has 1 atom stereocenters. The van der Waals surface area contributed by atoms with Gasteiger partial charge in [0, 0.05) is 32.8 Å². The molecular formula is C19H22N8O. The monoisotopic (exact) mass is 378 g/mol. The summed E-state index contributed by atoms with van der Waals surface area (Å²) >= 11 is 0. The fraction of sp³-hybridized carbons (Fsp3) is 0.421. The predicted octanol–water partition coefficient (Wildman–Crippen LogP) is 2.30. The van der Waals surface area contributed by atoms with Gasteiger partial charge in [-0.3, -0.25) is 4.68 Å². The highest BCUT2D eigenvalue weighted by atomic mass is 16.4. The topological polar surface area (TPSA) is 90.7 Å². The summed E-state index contributed by atoms with van der Waals surface area (Å²) in [7, 11) is 1.90. The van der Waals surface area contributed by atoms with Crippen molar-refractivity contribution in [2.75, 3.05) is 18.0 Å². The molecule has 0 aliphatic carbocycles. The van der Waals surface area contributed by atoms with Crippen molar-refractivity contribution in [3.05, 3.63) is 42.4 Å². The van der Waals surface area contributed by atoms with E-state index in [2.05, 4.69) is 30.0 Å². The van der Waals surface area contributed by atoms with Crippen molar-refractivity contribution in [1.29, 1.82) is 0 Å². The quantitative estimate of drug-likeness (QED) is 0.538. The maximum atomic E-state index is 5.91. The molecule has 0 bridgehead atoms. The summed E-state index contributed by atoms with van der Waals surface area (Å²) < 4.78 is 9.60. The van der Waals surface area contributed by atoms with Gasteiger partial charge in [-0.2, -0.15) is 15.2 Å². The first-order chi connectivity index (χ1) is 13.7. The van der Waals surface area contributed by atoms with Gasteiger partial charge in [0.2, 0.25) is 5.65 Å². The summed E-state index contributed by atoms with van der Waals surface area (Å²) in [4.78, 5) is 15.7. The minimum absolute atomic E-state index is 0.454. The molecule has 0 spiro atoms. The number of aryl methyl sites for hydroxylation is 2. The molecule has 0 aromatic carbocycles. The normalized spacial score (nSPS) is 17.5. The molecule has 5 rings (SSSR count). The zero-order valence-corrected chi connectivity index (χ0v) is 16.0. The number of aromatic nitrogens is 7. The summed E-state index contributed by atoms with van der Waals surface area (Å²) in [5.74, 6) is 2.20. The summed E-state index contributed by atoms with van der Waals surface area (Å²) in [6, 6.07) is 4.42. The number of hydrogen-bond acceptors (Lipinski definition) is 7. The highest BCUT2D eigenvalue weighted by molar-refractivity contribution is 5.69. The molecule has 4 aromatic heterocycles. The van der Waals surface area contributed by atoms with Crippen molar-refractivity contribution >= 4 is 17.2 Å². The van der Waals surface area contributed by atoms with E-state index >= 15 is 0 Å². The molecule has 1 unspecified atom stereocenters. The summed E-state index contributed by atoms with van der Waals surface area (Å²) in [6.07, 6.45) is 8.60.